The Balaban J connectivity index is 1.37. The van der Waals surface area contributed by atoms with Gasteiger partial charge in [0.05, 0.1) is 29.3 Å². The molecule has 0 radical (unpaired) electrons. The van der Waals surface area contributed by atoms with Crippen LogP contribution in [0, 0.1) is 11.3 Å². The summed E-state index contributed by atoms with van der Waals surface area (Å²) in [5.74, 6) is -0.338. The standard InChI is InChI=1S/C25H18N8O2/c26-11-10-15-4-1-5-16(14-15)18-7-3-9-20(29-18)23(35)33-25-30-19-8-2-6-17(21(19)31-25)22(34)32-24-27-12-13-28-24/h1-9,12-14H,10H2,(H2,27,28,32,34)(H2,30,31,33,35). The van der Waals surface area contributed by atoms with Crippen LogP contribution < -0.4 is 10.6 Å². The van der Waals surface area contributed by atoms with Crippen molar-refractivity contribution in [1.29, 1.82) is 5.26 Å². The zero-order chi connectivity index (χ0) is 24.2. The van der Waals surface area contributed by atoms with Crippen LogP contribution in [0.3, 0.4) is 0 Å². The van der Waals surface area contributed by atoms with Crippen molar-refractivity contribution in [3.8, 4) is 17.3 Å². The summed E-state index contributed by atoms with van der Waals surface area (Å²) in [6.45, 7) is 0. The Bertz CT molecular complexity index is 1580. The second kappa shape index (κ2) is 9.29. The summed E-state index contributed by atoms with van der Waals surface area (Å²) >= 11 is 0. The molecule has 0 aliphatic rings. The molecule has 0 fully saturated rings. The number of carbonyl (C=O) groups is 2. The normalized spacial score (nSPS) is 10.6. The summed E-state index contributed by atoms with van der Waals surface area (Å²) in [5, 5.41) is 14.3. The van der Waals surface area contributed by atoms with Gasteiger partial charge in [0, 0.05) is 18.0 Å². The molecule has 170 valence electrons. The van der Waals surface area contributed by atoms with Gasteiger partial charge in [0.15, 0.2) is 0 Å². The van der Waals surface area contributed by atoms with Gasteiger partial charge < -0.3 is 9.97 Å². The van der Waals surface area contributed by atoms with E-state index in [4.69, 9.17) is 5.26 Å². The maximum Gasteiger partial charge on any atom is 0.276 e. The number of nitrogens with one attached hydrogen (secondary N) is 4. The van der Waals surface area contributed by atoms with Crippen molar-refractivity contribution in [2.24, 2.45) is 0 Å². The van der Waals surface area contributed by atoms with Crippen LogP contribution in [0.4, 0.5) is 11.9 Å². The van der Waals surface area contributed by atoms with Crippen LogP contribution >= 0.6 is 0 Å². The highest BCUT2D eigenvalue weighted by molar-refractivity contribution is 6.11. The van der Waals surface area contributed by atoms with Crippen LogP contribution in [-0.2, 0) is 6.42 Å². The molecule has 0 aliphatic carbocycles. The highest BCUT2D eigenvalue weighted by Gasteiger charge is 2.17. The molecular weight excluding hydrogens is 444 g/mol. The molecule has 0 aliphatic heterocycles. The number of rotatable bonds is 6. The smallest absolute Gasteiger partial charge is 0.276 e. The lowest BCUT2D eigenvalue weighted by atomic mass is 10.1. The number of aromatic amines is 2. The molecule has 0 spiro atoms. The quantitative estimate of drug-likeness (QED) is 0.300. The summed E-state index contributed by atoms with van der Waals surface area (Å²) in [7, 11) is 0. The highest BCUT2D eigenvalue weighted by atomic mass is 16.2. The lowest BCUT2D eigenvalue weighted by molar-refractivity contribution is 0.101. The summed E-state index contributed by atoms with van der Waals surface area (Å²) < 4.78 is 0. The van der Waals surface area contributed by atoms with Gasteiger partial charge in [0.1, 0.15) is 11.2 Å². The SMILES string of the molecule is N#CCc1cccc(-c2cccc(C(=O)Nc3nc4c(C(=O)Nc5ncc[nH]5)cccc4[nH]3)n2)c1. The van der Waals surface area contributed by atoms with Crippen LogP contribution in [0.2, 0.25) is 0 Å². The van der Waals surface area contributed by atoms with Crippen LogP contribution in [0.1, 0.15) is 26.4 Å². The third-order valence-electron chi connectivity index (χ3n) is 5.21. The minimum atomic E-state index is -0.458. The molecule has 0 saturated heterocycles. The number of imidazole rings is 2. The lowest BCUT2D eigenvalue weighted by Crippen LogP contribution is -2.15. The van der Waals surface area contributed by atoms with E-state index in [2.05, 4.69) is 41.6 Å². The van der Waals surface area contributed by atoms with Crippen LogP contribution in [-0.4, -0.2) is 36.7 Å². The third kappa shape index (κ3) is 4.60. The average molecular weight is 462 g/mol. The van der Waals surface area contributed by atoms with E-state index in [1.165, 1.54) is 6.20 Å². The number of benzene rings is 2. The predicted molar refractivity (Wildman–Crippen MR) is 130 cm³/mol. The van der Waals surface area contributed by atoms with Gasteiger partial charge in [-0.3, -0.25) is 20.2 Å². The van der Waals surface area contributed by atoms with Crippen molar-refractivity contribution in [2.45, 2.75) is 6.42 Å². The summed E-state index contributed by atoms with van der Waals surface area (Å²) in [5.41, 5.74) is 3.81. The highest BCUT2D eigenvalue weighted by Crippen LogP contribution is 2.21. The summed E-state index contributed by atoms with van der Waals surface area (Å²) in [6, 6.07) is 19.9. The number of fused-ring (bicyclic) bond motifs is 1. The first-order valence-corrected chi connectivity index (χ1v) is 10.6. The third-order valence-corrected chi connectivity index (χ3v) is 5.21. The minimum absolute atomic E-state index is 0.187. The fourth-order valence-corrected chi connectivity index (χ4v) is 3.61. The molecule has 0 saturated carbocycles. The van der Waals surface area contributed by atoms with E-state index < -0.39 is 5.91 Å². The second-order valence-corrected chi connectivity index (χ2v) is 7.58. The molecule has 0 atom stereocenters. The number of hydrogen-bond donors (Lipinski definition) is 4. The Morgan fingerprint density at radius 1 is 0.943 bits per heavy atom. The predicted octanol–water partition coefficient (Wildman–Crippen LogP) is 3.92. The van der Waals surface area contributed by atoms with E-state index in [1.54, 1.807) is 42.6 Å². The van der Waals surface area contributed by atoms with Gasteiger partial charge in [-0.15, -0.1) is 0 Å². The fourth-order valence-electron chi connectivity index (χ4n) is 3.61. The second-order valence-electron chi connectivity index (χ2n) is 7.58. The van der Waals surface area contributed by atoms with Crippen LogP contribution in [0.5, 0.6) is 0 Å². The fraction of sp³-hybridized carbons (Fsp3) is 0.0400. The first kappa shape index (κ1) is 21.5. The number of H-pyrrole nitrogens is 2. The Hall–Kier alpha value is -5.30. The zero-order valence-electron chi connectivity index (χ0n) is 18.2. The summed E-state index contributed by atoms with van der Waals surface area (Å²) in [4.78, 5) is 44.3. The maximum atomic E-state index is 12.9. The van der Waals surface area contributed by atoms with Crippen LogP contribution in [0.25, 0.3) is 22.3 Å². The maximum absolute atomic E-state index is 12.9. The lowest BCUT2D eigenvalue weighted by Gasteiger charge is -2.06. The van der Waals surface area contributed by atoms with Gasteiger partial charge in [-0.05, 0) is 35.9 Å². The monoisotopic (exact) mass is 462 g/mol. The average Bonchev–Trinajstić information content (AvgIpc) is 3.53. The van der Waals surface area contributed by atoms with E-state index in [9.17, 15) is 9.59 Å². The number of para-hydroxylation sites is 1. The molecule has 4 N–H and O–H groups in total. The number of hydrogen-bond acceptors (Lipinski definition) is 6. The number of pyridine rings is 1. The molecule has 3 aromatic heterocycles. The number of aromatic nitrogens is 5. The van der Waals surface area contributed by atoms with Gasteiger partial charge >= 0.3 is 0 Å². The topological polar surface area (TPSA) is 152 Å². The van der Waals surface area contributed by atoms with E-state index in [0.717, 1.165) is 11.1 Å². The molecule has 2 aromatic carbocycles. The Labute approximate surface area is 199 Å². The molecule has 5 rings (SSSR count). The molecule has 2 amide bonds. The molecule has 35 heavy (non-hydrogen) atoms. The van der Waals surface area contributed by atoms with Crippen molar-refractivity contribution in [1.82, 2.24) is 24.9 Å². The molecule has 0 unspecified atom stereocenters. The van der Waals surface area contributed by atoms with Crippen molar-refractivity contribution in [3.05, 3.63) is 89.9 Å². The Morgan fingerprint density at radius 2 is 1.77 bits per heavy atom. The van der Waals surface area contributed by atoms with E-state index >= 15 is 0 Å². The molecule has 0 bridgehead atoms. The van der Waals surface area contributed by atoms with Crippen molar-refractivity contribution >= 4 is 34.7 Å². The van der Waals surface area contributed by atoms with E-state index in [-0.39, 0.29) is 17.5 Å². The van der Waals surface area contributed by atoms with Crippen molar-refractivity contribution in [3.63, 3.8) is 0 Å². The molecule has 3 heterocycles. The molecule has 10 nitrogen and oxygen atoms in total. The number of nitriles is 1. The Kier molecular flexibility index (Phi) is 5.71. The summed E-state index contributed by atoms with van der Waals surface area (Å²) in [6.07, 6.45) is 3.43. The van der Waals surface area contributed by atoms with Crippen molar-refractivity contribution < 1.29 is 9.59 Å². The Morgan fingerprint density at radius 3 is 2.60 bits per heavy atom. The van der Waals surface area contributed by atoms with Gasteiger partial charge in [-0.25, -0.2) is 15.0 Å². The zero-order valence-corrected chi connectivity index (χ0v) is 18.2. The first-order chi connectivity index (χ1) is 17.1. The van der Waals surface area contributed by atoms with E-state index in [1.807, 2.05) is 24.3 Å². The van der Waals surface area contributed by atoms with Gasteiger partial charge in [0.2, 0.25) is 11.9 Å². The van der Waals surface area contributed by atoms with Gasteiger partial charge in [-0.1, -0.05) is 30.3 Å². The van der Waals surface area contributed by atoms with Gasteiger partial charge in [-0.2, -0.15) is 5.26 Å². The number of amides is 2. The van der Waals surface area contributed by atoms with Gasteiger partial charge in [0.25, 0.3) is 11.8 Å². The minimum Gasteiger partial charge on any atom is -0.331 e. The largest absolute Gasteiger partial charge is 0.331 e. The van der Waals surface area contributed by atoms with Crippen molar-refractivity contribution in [2.75, 3.05) is 10.6 Å². The molecular formula is C25H18N8O2. The molecule has 5 aromatic rings. The number of carbonyl (C=O) groups excluding carboxylic acids is 2. The number of anilines is 2. The molecule has 10 heteroatoms. The van der Waals surface area contributed by atoms with Crippen LogP contribution in [0.15, 0.2) is 73.1 Å². The van der Waals surface area contributed by atoms with E-state index in [0.29, 0.717) is 34.7 Å². The first-order valence-electron chi connectivity index (χ1n) is 10.6. The number of nitrogens with zero attached hydrogens (tertiary/aromatic N) is 4.